The van der Waals surface area contributed by atoms with Crippen LogP contribution in [0.1, 0.15) is 207 Å². The summed E-state index contributed by atoms with van der Waals surface area (Å²) in [5.74, 6) is 0. The Labute approximate surface area is 403 Å². The van der Waals surface area contributed by atoms with Crippen molar-refractivity contribution in [3.63, 3.8) is 0 Å². The summed E-state index contributed by atoms with van der Waals surface area (Å²) in [4.78, 5) is 0. The Kier molecular flexibility index (Phi) is 18.0. The fourth-order valence-corrected chi connectivity index (χ4v) is 10.1. The highest BCUT2D eigenvalue weighted by Gasteiger charge is 2.52. The third-order valence-electron chi connectivity index (χ3n) is 16.8. The predicted molar refractivity (Wildman–Crippen MR) is 286 cm³/mol. The maximum atomic E-state index is 10.7. The van der Waals surface area contributed by atoms with Crippen LogP contribution in [0, 0.1) is 48.5 Å². The molecule has 1 aliphatic heterocycles. The van der Waals surface area contributed by atoms with Gasteiger partial charge in [0.05, 0.1) is 22.4 Å². The summed E-state index contributed by atoms with van der Waals surface area (Å²) >= 11 is 0. The van der Waals surface area contributed by atoms with Crippen molar-refractivity contribution in [1.82, 2.24) is 0 Å². The lowest BCUT2D eigenvalue weighted by molar-refractivity contribution is 0.00578. The summed E-state index contributed by atoms with van der Waals surface area (Å²) in [6, 6.07) is 23.2. The molecule has 2 N–H and O–H groups in total. The van der Waals surface area contributed by atoms with Crippen molar-refractivity contribution in [2.24, 2.45) is 0 Å². The summed E-state index contributed by atoms with van der Waals surface area (Å²) in [6.07, 6.45) is 15.2. The molecule has 0 aliphatic carbocycles. The lowest BCUT2D eigenvalue weighted by Crippen LogP contribution is -2.41. The first kappa shape index (κ1) is 54.9. The number of rotatable bonds is 17. The van der Waals surface area contributed by atoms with E-state index in [-0.39, 0.29) is 29.2 Å². The van der Waals surface area contributed by atoms with Crippen molar-refractivity contribution in [2.75, 3.05) is 0 Å². The molecule has 360 valence electrons. The van der Waals surface area contributed by atoms with E-state index in [1.165, 1.54) is 66.8 Å². The summed E-state index contributed by atoms with van der Waals surface area (Å²) in [6.45, 7) is 41.2. The molecule has 1 saturated heterocycles. The van der Waals surface area contributed by atoms with Crippen LogP contribution in [-0.2, 0) is 20.1 Å². The quantitative estimate of drug-likeness (QED) is 0.104. The van der Waals surface area contributed by atoms with Crippen molar-refractivity contribution >= 4 is 24.7 Å². The van der Waals surface area contributed by atoms with Crippen molar-refractivity contribution < 1.29 is 19.5 Å². The van der Waals surface area contributed by atoms with Crippen LogP contribution < -0.4 is 5.46 Å². The van der Waals surface area contributed by atoms with Crippen molar-refractivity contribution in [3.05, 3.63) is 145 Å². The average molecular weight is 897 g/mol. The van der Waals surface area contributed by atoms with E-state index in [2.05, 4.69) is 177 Å². The molecule has 4 nitrogen and oxygen atoms in total. The Morgan fingerprint density at radius 1 is 0.439 bits per heavy atom. The van der Waals surface area contributed by atoms with Crippen LogP contribution in [0.2, 0.25) is 0 Å². The Morgan fingerprint density at radius 3 is 1.03 bits per heavy atom. The molecular weight excluding hydrogens is 807 g/mol. The first-order chi connectivity index (χ1) is 30.8. The van der Waals surface area contributed by atoms with Gasteiger partial charge in [-0.25, -0.2) is 0 Å². The van der Waals surface area contributed by atoms with Gasteiger partial charge in [0.2, 0.25) is 0 Å². The molecular formula is C61H89BO4. The van der Waals surface area contributed by atoms with Gasteiger partial charge in [-0.3, -0.25) is 0 Å². The molecule has 5 rings (SSSR count). The molecule has 0 amide bonds. The summed E-state index contributed by atoms with van der Waals surface area (Å²) in [5, 5.41) is 21.3. The van der Waals surface area contributed by atoms with Gasteiger partial charge in [0, 0.05) is 10.8 Å². The van der Waals surface area contributed by atoms with Gasteiger partial charge in [-0.05, 0) is 194 Å². The van der Waals surface area contributed by atoms with Crippen LogP contribution in [-0.4, -0.2) is 39.7 Å². The molecule has 0 saturated carbocycles. The summed E-state index contributed by atoms with van der Waals surface area (Å²) in [7, 11) is -0.352. The number of aryl methyl sites for hydroxylation is 6. The first-order valence-electron chi connectivity index (χ1n) is 25.5. The van der Waals surface area contributed by atoms with Crippen LogP contribution >= 0.6 is 0 Å². The molecule has 4 aromatic carbocycles. The molecule has 0 bridgehead atoms. The highest BCUT2D eigenvalue weighted by molar-refractivity contribution is 6.63. The Bertz CT molecular complexity index is 2260. The van der Waals surface area contributed by atoms with Crippen LogP contribution in [0.25, 0.3) is 12.2 Å². The fraction of sp³-hybridized carbons (Fsp3) is 0.541. The number of benzene rings is 4. The molecule has 0 radical (unpaired) electrons. The predicted octanol–water partition coefficient (Wildman–Crippen LogP) is 15.2. The lowest BCUT2D eigenvalue weighted by atomic mass is 9.66. The average Bonchev–Trinajstić information content (AvgIpc) is 3.50. The minimum Gasteiger partial charge on any atom is -0.399 e. The summed E-state index contributed by atoms with van der Waals surface area (Å²) in [5.41, 5.74) is 15.9. The molecule has 0 aromatic heterocycles. The van der Waals surface area contributed by atoms with Crippen molar-refractivity contribution in [1.29, 1.82) is 0 Å². The second-order valence-electron chi connectivity index (χ2n) is 20.9. The molecule has 0 spiro atoms. The van der Waals surface area contributed by atoms with E-state index in [4.69, 9.17) is 9.31 Å². The van der Waals surface area contributed by atoms with E-state index < -0.39 is 11.2 Å². The zero-order chi connectivity index (χ0) is 49.6. The molecule has 1 aliphatic rings. The Balaban J connectivity index is 0.000000297. The van der Waals surface area contributed by atoms with Crippen LogP contribution in [0.4, 0.5) is 0 Å². The summed E-state index contributed by atoms with van der Waals surface area (Å²) < 4.78 is 12.8. The van der Waals surface area contributed by atoms with Gasteiger partial charge in [-0.1, -0.05) is 151 Å². The fourth-order valence-electron chi connectivity index (χ4n) is 10.1. The Morgan fingerprint density at radius 2 is 0.742 bits per heavy atom. The van der Waals surface area contributed by atoms with Gasteiger partial charge in [-0.2, -0.15) is 0 Å². The molecule has 0 unspecified atom stereocenters. The second kappa shape index (κ2) is 21.7. The van der Waals surface area contributed by atoms with Gasteiger partial charge in [0.25, 0.3) is 0 Å². The smallest absolute Gasteiger partial charge is 0.399 e. The lowest BCUT2D eigenvalue weighted by Gasteiger charge is -2.35. The van der Waals surface area contributed by atoms with Gasteiger partial charge >= 0.3 is 7.12 Å². The van der Waals surface area contributed by atoms with Crippen molar-refractivity contribution in [3.8, 4) is 0 Å². The first-order valence-corrected chi connectivity index (χ1v) is 25.5. The second-order valence-corrected chi connectivity index (χ2v) is 20.9. The van der Waals surface area contributed by atoms with E-state index in [1.54, 1.807) is 0 Å². The van der Waals surface area contributed by atoms with E-state index in [0.717, 1.165) is 49.6 Å². The van der Waals surface area contributed by atoms with E-state index in [1.807, 2.05) is 39.8 Å². The standard InChI is InChI=1S/C33H49BO3.C28H40O/c1-12-32(35,13-2)19-18-26-16-17-27(20-23(26)5)33(14-3,15-4)28-21-24(6)29(25(7)22-28)34-36-30(8,9)31(10,11)37-34;1-9-27(29,10-2)16-15-24-13-14-25(19-22(24)7)28(11-3,12-4)26-17-20(5)23(8)21(6)18-26/h16-22,35H,12-15H2,1-11H3;13-19,29H,9-12H2,1-8H3/b19-18+;16-15+. The third-order valence-corrected chi connectivity index (χ3v) is 16.8. The van der Waals surface area contributed by atoms with Gasteiger partial charge < -0.3 is 19.5 Å². The minimum atomic E-state index is -0.740. The topological polar surface area (TPSA) is 58.9 Å². The zero-order valence-electron chi connectivity index (χ0n) is 45.0. The van der Waals surface area contributed by atoms with Crippen LogP contribution in [0.15, 0.2) is 72.8 Å². The molecule has 4 aromatic rings. The SMILES string of the molecule is CCC(O)(/C=C/c1ccc(C(CC)(CC)c2cc(C)c(B3OC(C)(C)C(C)(C)O3)c(C)c2)cc1C)CC.CCC(O)(/C=C/c1ccc(C(CC)(CC)c2cc(C)c(C)c(C)c2)cc1C)CC. The third kappa shape index (κ3) is 11.2. The highest BCUT2D eigenvalue weighted by atomic mass is 16.7. The maximum absolute atomic E-state index is 10.7. The van der Waals surface area contributed by atoms with E-state index >= 15 is 0 Å². The van der Waals surface area contributed by atoms with Gasteiger partial charge in [-0.15, -0.1) is 0 Å². The van der Waals surface area contributed by atoms with E-state index in [0.29, 0.717) is 12.8 Å². The van der Waals surface area contributed by atoms with Crippen LogP contribution in [0.3, 0.4) is 0 Å². The van der Waals surface area contributed by atoms with Crippen molar-refractivity contribution in [2.45, 2.75) is 216 Å². The molecule has 1 heterocycles. The molecule has 1 fully saturated rings. The largest absolute Gasteiger partial charge is 0.495 e. The molecule has 66 heavy (non-hydrogen) atoms. The minimum absolute atomic E-state index is 0.0315. The van der Waals surface area contributed by atoms with Gasteiger partial charge in [0.1, 0.15) is 0 Å². The number of hydrogen-bond acceptors (Lipinski definition) is 4. The monoisotopic (exact) mass is 897 g/mol. The molecule has 5 heteroatoms. The number of hydrogen-bond donors (Lipinski definition) is 2. The normalized spacial score (nSPS) is 15.5. The van der Waals surface area contributed by atoms with E-state index in [9.17, 15) is 10.2 Å². The maximum Gasteiger partial charge on any atom is 0.495 e. The molecule has 0 atom stereocenters. The number of aliphatic hydroxyl groups is 2. The van der Waals surface area contributed by atoms with Crippen LogP contribution in [0.5, 0.6) is 0 Å². The zero-order valence-corrected chi connectivity index (χ0v) is 45.0. The van der Waals surface area contributed by atoms with Gasteiger partial charge in [0.15, 0.2) is 0 Å². The Hall–Kier alpha value is -3.74. The highest BCUT2D eigenvalue weighted by Crippen LogP contribution is 2.43.